The molecule has 0 atom stereocenters. The second-order valence-electron chi connectivity index (χ2n) is 4.78. The Morgan fingerprint density at radius 2 is 1.73 bits per heavy atom. The highest BCUT2D eigenvalue weighted by molar-refractivity contribution is 7.99. The van der Waals surface area contributed by atoms with Crippen LogP contribution in [0.1, 0.15) is 21.5 Å². The van der Waals surface area contributed by atoms with Gasteiger partial charge in [0.15, 0.2) is 0 Å². The summed E-state index contributed by atoms with van der Waals surface area (Å²) < 4.78 is 4.73. The average molecular weight is 316 g/mol. The summed E-state index contributed by atoms with van der Waals surface area (Å²) in [6.07, 6.45) is 0.0257. The number of aryl methyl sites for hydroxylation is 1. The Labute approximate surface area is 133 Å². The highest BCUT2D eigenvalue weighted by atomic mass is 32.2. The number of benzene rings is 2. The Morgan fingerprint density at radius 3 is 2.27 bits per heavy atom. The Morgan fingerprint density at radius 1 is 1.09 bits per heavy atom. The topological polar surface area (TPSA) is 63.6 Å². The van der Waals surface area contributed by atoms with Crippen molar-refractivity contribution < 1.29 is 19.4 Å². The molecule has 22 heavy (non-hydrogen) atoms. The normalized spacial score (nSPS) is 10.3. The van der Waals surface area contributed by atoms with Crippen molar-refractivity contribution in [1.82, 2.24) is 0 Å². The first-order chi connectivity index (χ1) is 10.5. The molecular formula is C17H16O4S. The fraction of sp³-hybridized carbons (Fsp3) is 0.176. The Bertz CT molecular complexity index is 692. The predicted molar refractivity (Wildman–Crippen MR) is 84.4 cm³/mol. The fourth-order valence-electron chi connectivity index (χ4n) is 2.02. The molecule has 0 aromatic heterocycles. The number of rotatable bonds is 5. The zero-order chi connectivity index (χ0) is 16.1. The van der Waals surface area contributed by atoms with Crippen molar-refractivity contribution in [3.63, 3.8) is 0 Å². The highest BCUT2D eigenvalue weighted by Crippen LogP contribution is 2.29. The molecule has 0 saturated heterocycles. The lowest BCUT2D eigenvalue weighted by Gasteiger charge is -2.07. The van der Waals surface area contributed by atoms with E-state index in [0.717, 1.165) is 20.9 Å². The molecule has 0 aliphatic carbocycles. The molecule has 0 amide bonds. The minimum atomic E-state index is -0.838. The summed E-state index contributed by atoms with van der Waals surface area (Å²) in [4.78, 5) is 24.2. The van der Waals surface area contributed by atoms with Crippen molar-refractivity contribution in [3.05, 3.63) is 59.2 Å². The van der Waals surface area contributed by atoms with Crippen molar-refractivity contribution >= 4 is 23.7 Å². The van der Waals surface area contributed by atoms with Gasteiger partial charge in [-0.2, -0.15) is 0 Å². The maximum Gasteiger partial charge on any atom is 0.338 e. The first kappa shape index (κ1) is 16.1. The summed E-state index contributed by atoms with van der Waals surface area (Å²) in [6, 6.07) is 13.0. The molecule has 4 nitrogen and oxygen atoms in total. The van der Waals surface area contributed by atoms with Crippen LogP contribution in [-0.4, -0.2) is 24.2 Å². The molecule has 0 unspecified atom stereocenters. The lowest BCUT2D eigenvalue weighted by atomic mass is 10.1. The zero-order valence-electron chi connectivity index (χ0n) is 12.3. The summed E-state index contributed by atoms with van der Waals surface area (Å²) in [6.45, 7) is 1.87. The third-order valence-corrected chi connectivity index (χ3v) is 4.12. The van der Waals surface area contributed by atoms with Crippen molar-refractivity contribution in [2.75, 3.05) is 7.11 Å². The van der Waals surface area contributed by atoms with Gasteiger partial charge in [-0.3, -0.25) is 4.79 Å². The molecule has 5 heteroatoms. The van der Waals surface area contributed by atoms with Crippen LogP contribution in [0.5, 0.6) is 0 Å². The first-order valence-corrected chi connectivity index (χ1v) is 7.49. The van der Waals surface area contributed by atoms with Gasteiger partial charge in [0.05, 0.1) is 19.1 Å². The number of hydrogen-bond acceptors (Lipinski definition) is 4. The zero-order valence-corrected chi connectivity index (χ0v) is 13.1. The van der Waals surface area contributed by atoms with Crippen LogP contribution >= 0.6 is 11.8 Å². The van der Waals surface area contributed by atoms with Crippen molar-refractivity contribution in [2.45, 2.75) is 23.1 Å². The summed E-state index contributed by atoms with van der Waals surface area (Å²) in [5, 5.41) is 8.75. The van der Waals surface area contributed by atoms with E-state index in [-0.39, 0.29) is 12.4 Å². The maximum absolute atomic E-state index is 11.6. The van der Waals surface area contributed by atoms with E-state index in [0.29, 0.717) is 5.56 Å². The number of carbonyl (C=O) groups excluding carboxylic acids is 1. The van der Waals surface area contributed by atoms with Gasteiger partial charge in [0.25, 0.3) is 0 Å². The molecule has 0 radical (unpaired) electrons. The molecule has 1 N–H and O–H groups in total. The van der Waals surface area contributed by atoms with E-state index < -0.39 is 5.97 Å². The average Bonchev–Trinajstić information content (AvgIpc) is 2.48. The van der Waals surface area contributed by atoms with E-state index >= 15 is 0 Å². The standard InChI is InChI=1S/C17H16O4S/c1-11-9-14(7-8-15(11)17(20)21-2)22-13-5-3-12(4-6-13)10-16(18)19/h3-9H,10H2,1-2H3,(H,18,19). The van der Waals surface area contributed by atoms with E-state index in [9.17, 15) is 9.59 Å². The Hall–Kier alpha value is -2.27. The number of ether oxygens (including phenoxy) is 1. The van der Waals surface area contributed by atoms with E-state index in [1.807, 2.05) is 43.3 Å². The van der Waals surface area contributed by atoms with E-state index in [2.05, 4.69) is 0 Å². The van der Waals surface area contributed by atoms with E-state index in [1.165, 1.54) is 7.11 Å². The molecule has 0 aliphatic rings. The van der Waals surface area contributed by atoms with Gasteiger partial charge >= 0.3 is 11.9 Å². The van der Waals surface area contributed by atoms with Crippen LogP contribution in [0.15, 0.2) is 52.3 Å². The third-order valence-electron chi connectivity index (χ3n) is 3.12. The van der Waals surface area contributed by atoms with Crippen molar-refractivity contribution in [3.8, 4) is 0 Å². The largest absolute Gasteiger partial charge is 0.481 e. The van der Waals surface area contributed by atoms with Gasteiger partial charge in [0.1, 0.15) is 0 Å². The summed E-state index contributed by atoms with van der Waals surface area (Å²) in [5.74, 6) is -1.18. The number of methoxy groups -OCH3 is 1. The molecule has 0 heterocycles. The van der Waals surface area contributed by atoms with Crippen molar-refractivity contribution in [2.24, 2.45) is 0 Å². The SMILES string of the molecule is COC(=O)c1ccc(Sc2ccc(CC(=O)O)cc2)cc1C. The Kier molecular flexibility index (Phi) is 5.22. The second-order valence-corrected chi connectivity index (χ2v) is 5.93. The van der Waals surface area contributed by atoms with Gasteiger partial charge < -0.3 is 9.84 Å². The minimum Gasteiger partial charge on any atom is -0.481 e. The van der Waals surface area contributed by atoms with Gasteiger partial charge in [-0.05, 0) is 48.4 Å². The first-order valence-electron chi connectivity index (χ1n) is 6.67. The predicted octanol–water partition coefficient (Wildman–Crippen LogP) is 3.56. The molecule has 0 fully saturated rings. The molecule has 114 valence electrons. The summed E-state index contributed by atoms with van der Waals surface area (Å²) >= 11 is 1.56. The van der Waals surface area contributed by atoms with Gasteiger partial charge in [-0.1, -0.05) is 23.9 Å². The van der Waals surface area contributed by atoms with Crippen molar-refractivity contribution in [1.29, 1.82) is 0 Å². The van der Waals surface area contributed by atoms with Crippen LogP contribution in [0, 0.1) is 6.92 Å². The summed E-state index contributed by atoms with van der Waals surface area (Å²) in [5.41, 5.74) is 2.19. The molecule has 0 bridgehead atoms. The van der Waals surface area contributed by atoms with Crippen LogP contribution in [0.3, 0.4) is 0 Å². The molecule has 0 spiro atoms. The quantitative estimate of drug-likeness (QED) is 0.855. The lowest BCUT2D eigenvalue weighted by Crippen LogP contribution is -2.03. The minimum absolute atomic E-state index is 0.0257. The number of esters is 1. The van der Waals surface area contributed by atoms with E-state index in [1.54, 1.807) is 17.8 Å². The van der Waals surface area contributed by atoms with Gasteiger partial charge in [0, 0.05) is 9.79 Å². The van der Waals surface area contributed by atoms with Gasteiger partial charge in [0.2, 0.25) is 0 Å². The number of aliphatic carboxylic acids is 1. The Balaban J connectivity index is 2.12. The van der Waals surface area contributed by atoms with Crippen LogP contribution in [-0.2, 0) is 16.0 Å². The monoisotopic (exact) mass is 316 g/mol. The molecule has 2 aromatic rings. The fourth-order valence-corrected chi connectivity index (χ4v) is 2.94. The molecule has 2 aromatic carbocycles. The molecular weight excluding hydrogens is 300 g/mol. The van der Waals surface area contributed by atoms with Crippen LogP contribution in [0.2, 0.25) is 0 Å². The molecule has 0 saturated carbocycles. The smallest absolute Gasteiger partial charge is 0.338 e. The maximum atomic E-state index is 11.6. The lowest BCUT2D eigenvalue weighted by molar-refractivity contribution is -0.136. The van der Waals surface area contributed by atoms with Gasteiger partial charge in [-0.25, -0.2) is 4.79 Å². The second kappa shape index (κ2) is 7.13. The highest BCUT2D eigenvalue weighted by Gasteiger charge is 2.10. The summed E-state index contributed by atoms with van der Waals surface area (Å²) in [7, 11) is 1.36. The number of hydrogen-bond donors (Lipinski definition) is 1. The van der Waals surface area contributed by atoms with Crippen LogP contribution in [0.25, 0.3) is 0 Å². The number of carboxylic acids is 1. The van der Waals surface area contributed by atoms with Crippen LogP contribution in [0.4, 0.5) is 0 Å². The number of carbonyl (C=O) groups is 2. The third kappa shape index (κ3) is 4.11. The van der Waals surface area contributed by atoms with Gasteiger partial charge in [-0.15, -0.1) is 0 Å². The van der Waals surface area contributed by atoms with Crippen LogP contribution < -0.4 is 0 Å². The molecule has 0 aliphatic heterocycles. The number of carboxylic acid groups (broad SMARTS) is 1. The van der Waals surface area contributed by atoms with E-state index in [4.69, 9.17) is 9.84 Å². The molecule has 2 rings (SSSR count).